The molecule has 129 valence electrons. The van der Waals surface area contributed by atoms with Crippen molar-refractivity contribution in [2.75, 3.05) is 13.2 Å². The topological polar surface area (TPSA) is 55.8 Å². The third kappa shape index (κ3) is 5.33. The number of amides is 1. The molecule has 0 bridgehead atoms. The number of likely N-dealkylation sites (tertiary alicyclic amines) is 1. The molecule has 1 heterocycles. The minimum absolute atomic E-state index is 0.0944. The molecular formula is C15H22F2NO4Pb. The van der Waals surface area contributed by atoms with Crippen LogP contribution in [0.1, 0.15) is 39.0 Å². The van der Waals surface area contributed by atoms with Crippen LogP contribution in [0, 0.1) is 0 Å². The maximum absolute atomic E-state index is 12.2. The molecule has 5 nitrogen and oxygen atoms in total. The summed E-state index contributed by atoms with van der Waals surface area (Å²) in [6.45, 7) is 0.895. The van der Waals surface area contributed by atoms with Crippen molar-refractivity contribution in [3.8, 4) is 0 Å². The van der Waals surface area contributed by atoms with Gasteiger partial charge in [-0.25, -0.2) is 8.78 Å². The van der Waals surface area contributed by atoms with E-state index in [4.69, 9.17) is 4.74 Å². The molecule has 1 saturated carbocycles. The van der Waals surface area contributed by atoms with E-state index in [1.54, 1.807) is 6.92 Å². The summed E-state index contributed by atoms with van der Waals surface area (Å²) in [5, 5.41) is 0. The first-order valence-corrected chi connectivity index (χ1v) is 10.2. The molecule has 23 heavy (non-hydrogen) atoms. The summed E-state index contributed by atoms with van der Waals surface area (Å²) in [5.41, 5.74) is 0. The van der Waals surface area contributed by atoms with E-state index >= 15 is 0 Å². The molecule has 2 unspecified atom stereocenters. The van der Waals surface area contributed by atoms with Crippen LogP contribution in [0.3, 0.4) is 0 Å². The van der Waals surface area contributed by atoms with Crippen LogP contribution in [0.25, 0.3) is 0 Å². The van der Waals surface area contributed by atoms with Gasteiger partial charge in [-0.15, -0.1) is 0 Å². The summed E-state index contributed by atoms with van der Waals surface area (Å²) in [5.74, 6) is -0.0944. The van der Waals surface area contributed by atoms with Crippen LogP contribution in [-0.2, 0) is 14.3 Å². The Labute approximate surface area is 150 Å². The average molecular weight is 526 g/mol. The van der Waals surface area contributed by atoms with E-state index in [1.165, 1.54) is 30.7 Å². The van der Waals surface area contributed by atoms with Gasteiger partial charge in [0.25, 0.3) is 0 Å². The fourth-order valence-electron chi connectivity index (χ4n) is 3.13. The van der Waals surface area contributed by atoms with Gasteiger partial charge in [-0.05, 0) is 0 Å². The van der Waals surface area contributed by atoms with Gasteiger partial charge in [0.1, 0.15) is 0 Å². The van der Waals surface area contributed by atoms with Crippen molar-refractivity contribution in [3.63, 3.8) is 0 Å². The summed E-state index contributed by atoms with van der Waals surface area (Å²) >= 11 is 1.20. The predicted molar refractivity (Wildman–Crippen MR) is 79.8 cm³/mol. The SMILES string of the molecule is CC1CC(=O)C(COC2CC[CH]([Pb])CC2)N1C(=O)OCC(F)F. The number of hydrogen-bond donors (Lipinski definition) is 0. The number of halogens is 2. The van der Waals surface area contributed by atoms with Gasteiger partial charge in [0.2, 0.25) is 0 Å². The van der Waals surface area contributed by atoms with Crippen molar-refractivity contribution < 1.29 is 27.8 Å². The zero-order chi connectivity index (χ0) is 17.0. The Balaban J connectivity index is 1.89. The number of alkyl halides is 2. The summed E-state index contributed by atoms with van der Waals surface area (Å²) in [4.78, 5) is 25.3. The molecule has 0 aromatic rings. The van der Waals surface area contributed by atoms with Crippen LogP contribution in [-0.4, -0.2) is 80.4 Å². The van der Waals surface area contributed by atoms with Gasteiger partial charge < -0.3 is 0 Å². The average Bonchev–Trinajstić information content (AvgIpc) is 2.78. The maximum atomic E-state index is 12.2. The molecule has 2 rings (SSSR count). The number of ketones is 1. The number of hydrogen-bond acceptors (Lipinski definition) is 4. The smallest absolute Gasteiger partial charge is 0.207 e. The first kappa shape index (κ1) is 19.0. The molecular weight excluding hydrogens is 503 g/mol. The molecule has 8 heteroatoms. The van der Waals surface area contributed by atoms with Gasteiger partial charge in [0.15, 0.2) is 0 Å². The molecule has 2 fully saturated rings. The Bertz CT molecular complexity index is 430. The molecule has 0 N–H and O–H groups in total. The van der Waals surface area contributed by atoms with E-state index in [9.17, 15) is 18.4 Å². The predicted octanol–water partition coefficient (Wildman–Crippen LogP) is 2.34. The molecule has 1 saturated heterocycles. The quantitative estimate of drug-likeness (QED) is 0.518. The summed E-state index contributed by atoms with van der Waals surface area (Å²) in [6, 6.07) is -1.07. The van der Waals surface area contributed by atoms with Crippen LogP contribution in [0.2, 0.25) is 3.48 Å². The van der Waals surface area contributed by atoms with Crippen LogP contribution in [0.5, 0.6) is 0 Å². The van der Waals surface area contributed by atoms with Crippen molar-refractivity contribution in [1.82, 2.24) is 4.90 Å². The van der Waals surface area contributed by atoms with Gasteiger partial charge in [-0.3, -0.25) is 0 Å². The third-order valence-electron chi connectivity index (χ3n) is 4.39. The van der Waals surface area contributed by atoms with Crippen molar-refractivity contribution >= 4 is 37.6 Å². The van der Waals surface area contributed by atoms with Crippen LogP contribution >= 0.6 is 0 Å². The minimum atomic E-state index is -2.71. The second-order valence-electron chi connectivity index (χ2n) is 6.22. The normalized spacial score (nSPS) is 31.7. The Hall–Kier alpha value is -0.318. The molecule has 0 aromatic heterocycles. The second kappa shape index (κ2) is 8.68. The zero-order valence-electron chi connectivity index (χ0n) is 13.2. The number of carbonyl (C=O) groups is 2. The molecule has 0 aromatic carbocycles. The first-order chi connectivity index (χ1) is 10.9. The Morgan fingerprint density at radius 1 is 1.35 bits per heavy atom. The number of Topliss-reactive ketones (excluding diaryl/α,β-unsaturated/α-hetero) is 1. The number of carbonyl (C=O) groups excluding carboxylic acids is 2. The van der Waals surface area contributed by atoms with E-state index in [0.717, 1.165) is 29.2 Å². The van der Waals surface area contributed by atoms with Gasteiger partial charge in [-0.2, -0.15) is 0 Å². The standard InChI is InChI=1S/C15H22F2NO4.Pb/c1-10-7-13(19)12(8-21-11-5-3-2-4-6-11)18(10)15(20)22-9-14(16)17;/h2,10-12,14H,3-9H2,1H3;. The summed E-state index contributed by atoms with van der Waals surface area (Å²) < 4.78 is 35.6. The van der Waals surface area contributed by atoms with E-state index < -0.39 is 25.2 Å². The first-order valence-electron chi connectivity index (χ1n) is 7.97. The Morgan fingerprint density at radius 3 is 2.61 bits per heavy atom. The van der Waals surface area contributed by atoms with Crippen LogP contribution in [0.4, 0.5) is 13.6 Å². The van der Waals surface area contributed by atoms with Gasteiger partial charge in [0, 0.05) is 0 Å². The summed E-state index contributed by atoms with van der Waals surface area (Å²) in [7, 11) is 0. The van der Waals surface area contributed by atoms with E-state index in [2.05, 4.69) is 4.74 Å². The molecule has 0 spiro atoms. The fraction of sp³-hybridized carbons (Fsp3) is 0.867. The number of rotatable bonds is 5. The molecule has 3 radical (unpaired) electrons. The van der Waals surface area contributed by atoms with Crippen molar-refractivity contribution in [3.05, 3.63) is 0 Å². The Morgan fingerprint density at radius 2 is 2.00 bits per heavy atom. The van der Waals surface area contributed by atoms with Gasteiger partial charge in [0.05, 0.1) is 0 Å². The van der Waals surface area contributed by atoms with Gasteiger partial charge >= 0.3 is 142 Å². The minimum Gasteiger partial charge on any atom is -0.207 e. The molecule has 2 aliphatic rings. The van der Waals surface area contributed by atoms with Crippen molar-refractivity contribution in [1.29, 1.82) is 0 Å². The van der Waals surface area contributed by atoms with Gasteiger partial charge in [-0.1, -0.05) is 0 Å². The summed E-state index contributed by atoms with van der Waals surface area (Å²) in [6.07, 6.45) is 1.06. The number of ether oxygens (including phenoxy) is 2. The van der Waals surface area contributed by atoms with E-state index in [-0.39, 0.29) is 31.0 Å². The van der Waals surface area contributed by atoms with E-state index in [1.807, 2.05) is 0 Å². The third-order valence-corrected chi connectivity index (χ3v) is 6.63. The second-order valence-corrected chi connectivity index (χ2v) is 9.39. The molecule has 2 atom stereocenters. The Kier molecular flexibility index (Phi) is 7.18. The van der Waals surface area contributed by atoms with Crippen molar-refractivity contribution in [2.24, 2.45) is 0 Å². The van der Waals surface area contributed by atoms with Crippen molar-refractivity contribution in [2.45, 2.75) is 67.1 Å². The zero-order valence-corrected chi connectivity index (χ0v) is 17.1. The van der Waals surface area contributed by atoms with Crippen LogP contribution < -0.4 is 0 Å². The molecule has 1 amide bonds. The molecule has 1 aliphatic heterocycles. The molecule has 1 aliphatic carbocycles. The van der Waals surface area contributed by atoms with E-state index in [0.29, 0.717) is 0 Å². The fourth-order valence-corrected chi connectivity index (χ4v) is 4.43. The monoisotopic (exact) mass is 526 g/mol. The number of nitrogens with zero attached hydrogens (tertiary/aromatic N) is 1. The van der Waals surface area contributed by atoms with Crippen LogP contribution in [0.15, 0.2) is 0 Å².